The summed E-state index contributed by atoms with van der Waals surface area (Å²) in [6.45, 7) is 7.67. The lowest BCUT2D eigenvalue weighted by Crippen LogP contribution is -2.36. The summed E-state index contributed by atoms with van der Waals surface area (Å²) in [6, 6.07) is 7.72. The first-order chi connectivity index (χ1) is 12.3. The summed E-state index contributed by atoms with van der Waals surface area (Å²) >= 11 is 1.28. The SMILES string of the molecule is Cc1cc(C)nc(SCC(=O)N(C)CC(=O)Nc2c(C)cccc2C)n1. The number of anilines is 1. The Kier molecular flexibility index (Phi) is 6.74. The molecule has 0 aliphatic rings. The molecular formula is C19H24N4O2S. The molecule has 0 aliphatic heterocycles. The number of aryl methyl sites for hydroxylation is 4. The minimum atomic E-state index is -0.217. The molecule has 1 N–H and O–H groups in total. The Balaban J connectivity index is 1.89. The van der Waals surface area contributed by atoms with Crippen molar-refractivity contribution in [2.45, 2.75) is 32.9 Å². The maximum atomic E-state index is 12.3. The molecule has 1 aromatic heterocycles. The average Bonchev–Trinajstić information content (AvgIpc) is 2.55. The van der Waals surface area contributed by atoms with Gasteiger partial charge in [0.2, 0.25) is 11.8 Å². The number of amides is 2. The molecule has 2 aromatic rings. The zero-order chi connectivity index (χ0) is 19.3. The Hall–Kier alpha value is -2.41. The predicted molar refractivity (Wildman–Crippen MR) is 104 cm³/mol. The van der Waals surface area contributed by atoms with Crippen molar-refractivity contribution >= 4 is 29.3 Å². The number of aromatic nitrogens is 2. The smallest absolute Gasteiger partial charge is 0.243 e. The number of carbonyl (C=O) groups is 2. The first-order valence-electron chi connectivity index (χ1n) is 8.31. The summed E-state index contributed by atoms with van der Waals surface area (Å²) in [6.07, 6.45) is 0. The largest absolute Gasteiger partial charge is 0.336 e. The molecule has 7 heteroatoms. The molecule has 0 aliphatic carbocycles. The number of nitrogens with one attached hydrogen (secondary N) is 1. The highest BCUT2D eigenvalue weighted by atomic mass is 32.2. The first kappa shape index (κ1) is 19.9. The summed E-state index contributed by atoms with van der Waals surface area (Å²) in [4.78, 5) is 34.6. The second-order valence-electron chi connectivity index (χ2n) is 6.29. The van der Waals surface area contributed by atoms with Gasteiger partial charge in [-0.05, 0) is 44.9 Å². The molecule has 0 atom stereocenters. The highest BCUT2D eigenvalue weighted by Gasteiger charge is 2.15. The third-order valence-electron chi connectivity index (χ3n) is 3.84. The maximum Gasteiger partial charge on any atom is 0.243 e. The standard InChI is InChI=1S/C19H24N4O2S/c1-12-7-6-8-13(2)18(12)22-16(24)10-23(5)17(25)11-26-19-20-14(3)9-15(4)21-19/h6-9H,10-11H2,1-5H3,(H,22,24). The van der Waals surface area contributed by atoms with Gasteiger partial charge in [0, 0.05) is 24.1 Å². The van der Waals surface area contributed by atoms with Gasteiger partial charge in [-0.25, -0.2) is 9.97 Å². The van der Waals surface area contributed by atoms with Crippen molar-refractivity contribution in [2.75, 3.05) is 24.7 Å². The van der Waals surface area contributed by atoms with E-state index in [9.17, 15) is 9.59 Å². The topological polar surface area (TPSA) is 75.2 Å². The summed E-state index contributed by atoms with van der Waals surface area (Å²) < 4.78 is 0. The number of hydrogen-bond acceptors (Lipinski definition) is 5. The Labute approximate surface area is 158 Å². The summed E-state index contributed by atoms with van der Waals surface area (Å²) in [7, 11) is 1.62. The van der Waals surface area contributed by atoms with Crippen LogP contribution in [0.1, 0.15) is 22.5 Å². The number of nitrogens with zero attached hydrogens (tertiary/aromatic N) is 3. The van der Waals surface area contributed by atoms with Crippen molar-refractivity contribution in [2.24, 2.45) is 0 Å². The minimum Gasteiger partial charge on any atom is -0.336 e. The summed E-state index contributed by atoms with van der Waals surface area (Å²) in [5.41, 5.74) is 4.53. The van der Waals surface area contributed by atoms with Crippen molar-refractivity contribution in [1.82, 2.24) is 14.9 Å². The maximum absolute atomic E-state index is 12.3. The molecule has 0 fully saturated rings. The van der Waals surface area contributed by atoms with Crippen molar-refractivity contribution in [3.8, 4) is 0 Å². The van der Waals surface area contributed by atoms with E-state index in [0.29, 0.717) is 5.16 Å². The molecule has 2 amide bonds. The highest BCUT2D eigenvalue weighted by molar-refractivity contribution is 7.99. The molecule has 2 rings (SSSR count). The van der Waals surface area contributed by atoms with Gasteiger partial charge in [0.05, 0.1) is 12.3 Å². The third-order valence-corrected chi connectivity index (χ3v) is 4.67. The van der Waals surface area contributed by atoms with Gasteiger partial charge in [-0.1, -0.05) is 30.0 Å². The van der Waals surface area contributed by atoms with Gasteiger partial charge in [-0.2, -0.15) is 0 Å². The zero-order valence-electron chi connectivity index (χ0n) is 15.8. The molecule has 0 saturated carbocycles. The molecule has 0 radical (unpaired) electrons. The number of carbonyl (C=O) groups excluding carboxylic acids is 2. The van der Waals surface area contributed by atoms with E-state index < -0.39 is 0 Å². The van der Waals surface area contributed by atoms with Crippen LogP contribution in [0.25, 0.3) is 0 Å². The zero-order valence-corrected chi connectivity index (χ0v) is 16.6. The highest BCUT2D eigenvalue weighted by Crippen LogP contribution is 2.19. The lowest BCUT2D eigenvalue weighted by atomic mass is 10.1. The van der Waals surface area contributed by atoms with Crippen molar-refractivity contribution in [3.05, 3.63) is 46.8 Å². The molecule has 1 aromatic carbocycles. The minimum absolute atomic E-state index is 0.000863. The second-order valence-corrected chi connectivity index (χ2v) is 7.23. The molecular weight excluding hydrogens is 348 g/mol. The number of rotatable bonds is 6. The van der Waals surface area contributed by atoms with E-state index in [1.54, 1.807) is 7.05 Å². The van der Waals surface area contributed by atoms with Crippen LogP contribution in [0.4, 0.5) is 5.69 Å². The van der Waals surface area contributed by atoms with Crippen LogP contribution in [0.3, 0.4) is 0 Å². The number of hydrogen-bond donors (Lipinski definition) is 1. The van der Waals surface area contributed by atoms with E-state index >= 15 is 0 Å². The van der Waals surface area contributed by atoms with Gasteiger partial charge in [0.25, 0.3) is 0 Å². The molecule has 0 saturated heterocycles. The fourth-order valence-electron chi connectivity index (χ4n) is 2.49. The van der Waals surface area contributed by atoms with Gasteiger partial charge in [-0.15, -0.1) is 0 Å². The second kappa shape index (κ2) is 8.80. The fourth-order valence-corrected chi connectivity index (χ4v) is 3.38. The predicted octanol–water partition coefficient (Wildman–Crippen LogP) is 2.90. The van der Waals surface area contributed by atoms with Crippen molar-refractivity contribution < 1.29 is 9.59 Å². The Morgan fingerprint density at radius 2 is 1.65 bits per heavy atom. The van der Waals surface area contributed by atoms with Crippen molar-refractivity contribution in [3.63, 3.8) is 0 Å². The molecule has 1 heterocycles. The quantitative estimate of drug-likeness (QED) is 0.623. The van der Waals surface area contributed by atoms with Crippen LogP contribution in [0.15, 0.2) is 29.4 Å². The Morgan fingerprint density at radius 1 is 1.08 bits per heavy atom. The Bertz CT molecular complexity index is 783. The number of benzene rings is 1. The molecule has 0 bridgehead atoms. The van der Waals surface area contributed by atoms with Crippen LogP contribution in [0.2, 0.25) is 0 Å². The van der Waals surface area contributed by atoms with Gasteiger partial charge in [0.15, 0.2) is 5.16 Å². The van der Waals surface area contributed by atoms with Gasteiger partial charge >= 0.3 is 0 Å². The van der Waals surface area contributed by atoms with Crippen molar-refractivity contribution in [1.29, 1.82) is 0 Å². The Morgan fingerprint density at radius 3 is 2.23 bits per heavy atom. The van der Waals surface area contributed by atoms with Crippen LogP contribution in [0.5, 0.6) is 0 Å². The lowest BCUT2D eigenvalue weighted by Gasteiger charge is -2.18. The molecule has 0 unspecified atom stereocenters. The molecule has 6 nitrogen and oxygen atoms in total. The first-order valence-corrected chi connectivity index (χ1v) is 9.30. The number of para-hydroxylation sites is 1. The van der Waals surface area contributed by atoms with Gasteiger partial charge in [0.1, 0.15) is 0 Å². The van der Waals surface area contributed by atoms with Gasteiger partial charge < -0.3 is 10.2 Å². The van der Waals surface area contributed by atoms with Crippen LogP contribution >= 0.6 is 11.8 Å². The fraction of sp³-hybridized carbons (Fsp3) is 0.368. The van der Waals surface area contributed by atoms with E-state index in [1.165, 1.54) is 16.7 Å². The van der Waals surface area contributed by atoms with Crippen LogP contribution in [-0.2, 0) is 9.59 Å². The van der Waals surface area contributed by atoms with E-state index in [0.717, 1.165) is 28.2 Å². The summed E-state index contributed by atoms with van der Waals surface area (Å²) in [5, 5.41) is 3.46. The summed E-state index contributed by atoms with van der Waals surface area (Å²) in [5.74, 6) is -0.170. The van der Waals surface area contributed by atoms with E-state index in [2.05, 4.69) is 15.3 Å². The molecule has 138 valence electrons. The van der Waals surface area contributed by atoms with Crippen LogP contribution in [0, 0.1) is 27.7 Å². The lowest BCUT2D eigenvalue weighted by molar-refractivity contribution is -0.131. The molecule has 0 spiro atoms. The monoisotopic (exact) mass is 372 g/mol. The normalized spacial score (nSPS) is 10.5. The molecule has 26 heavy (non-hydrogen) atoms. The van der Waals surface area contributed by atoms with Gasteiger partial charge in [-0.3, -0.25) is 9.59 Å². The van der Waals surface area contributed by atoms with Crippen LogP contribution in [-0.4, -0.2) is 46.0 Å². The number of thioether (sulfide) groups is 1. The average molecular weight is 372 g/mol. The van der Waals surface area contributed by atoms with E-state index in [1.807, 2.05) is 52.0 Å². The van der Waals surface area contributed by atoms with Crippen LogP contribution < -0.4 is 5.32 Å². The van der Waals surface area contributed by atoms with E-state index in [-0.39, 0.29) is 24.1 Å². The van der Waals surface area contributed by atoms with E-state index in [4.69, 9.17) is 0 Å². The number of likely N-dealkylation sites (N-methyl/N-ethyl adjacent to an activating group) is 1. The third kappa shape index (κ3) is 5.56.